The van der Waals surface area contributed by atoms with Gasteiger partial charge in [-0.15, -0.1) is 0 Å². The zero-order chi connectivity index (χ0) is 15.1. The molecular weight excluding hydrogens is 281 g/mol. The van der Waals surface area contributed by atoms with Crippen molar-refractivity contribution >= 4 is 11.6 Å². The van der Waals surface area contributed by atoms with Crippen LogP contribution in [0.15, 0.2) is 30.6 Å². The van der Waals surface area contributed by atoms with Gasteiger partial charge in [0, 0.05) is 24.8 Å². The minimum atomic E-state index is -0.164. The molecule has 22 heavy (non-hydrogen) atoms. The van der Waals surface area contributed by atoms with Gasteiger partial charge in [0.05, 0.1) is 0 Å². The summed E-state index contributed by atoms with van der Waals surface area (Å²) in [6.45, 7) is 3.66. The van der Waals surface area contributed by atoms with E-state index in [0.29, 0.717) is 5.78 Å². The zero-order valence-corrected chi connectivity index (χ0v) is 12.3. The molecule has 0 unspecified atom stereocenters. The molecule has 1 aliphatic heterocycles. The number of aryl methyl sites for hydroxylation is 1. The van der Waals surface area contributed by atoms with Crippen LogP contribution in [0.1, 0.15) is 23.7 Å². The van der Waals surface area contributed by atoms with Crippen molar-refractivity contribution < 1.29 is 4.39 Å². The largest absolute Gasteiger partial charge is 0.352 e. The Kier molecular flexibility index (Phi) is 3.03. The van der Waals surface area contributed by atoms with E-state index < -0.39 is 0 Å². The number of anilines is 1. The van der Waals surface area contributed by atoms with Crippen LogP contribution in [0.25, 0.3) is 5.78 Å². The van der Waals surface area contributed by atoms with Crippen molar-refractivity contribution in [3.8, 4) is 0 Å². The van der Waals surface area contributed by atoms with Crippen molar-refractivity contribution in [2.75, 3.05) is 11.4 Å². The van der Waals surface area contributed by atoms with Crippen molar-refractivity contribution in [2.24, 2.45) is 0 Å². The number of aromatic nitrogens is 4. The third-order valence-corrected chi connectivity index (χ3v) is 4.15. The monoisotopic (exact) mass is 297 g/mol. The Morgan fingerprint density at radius 1 is 1.23 bits per heavy atom. The summed E-state index contributed by atoms with van der Waals surface area (Å²) in [5.41, 5.74) is 3.26. The van der Waals surface area contributed by atoms with E-state index in [0.717, 1.165) is 48.6 Å². The van der Waals surface area contributed by atoms with E-state index in [1.54, 1.807) is 10.6 Å². The Hall–Kier alpha value is -2.50. The molecule has 0 fully saturated rings. The van der Waals surface area contributed by atoms with E-state index in [1.807, 2.05) is 6.07 Å². The summed E-state index contributed by atoms with van der Waals surface area (Å²) in [4.78, 5) is 10.9. The first-order chi connectivity index (χ1) is 10.7. The fourth-order valence-electron chi connectivity index (χ4n) is 2.97. The fraction of sp³-hybridized carbons (Fsp3) is 0.312. The van der Waals surface area contributed by atoms with Gasteiger partial charge in [-0.05, 0) is 36.1 Å². The summed E-state index contributed by atoms with van der Waals surface area (Å²) in [6.07, 6.45) is 3.21. The topological polar surface area (TPSA) is 46.3 Å². The van der Waals surface area contributed by atoms with Gasteiger partial charge in [-0.25, -0.2) is 9.37 Å². The van der Waals surface area contributed by atoms with Crippen LogP contribution in [0.4, 0.5) is 10.2 Å². The maximum Gasteiger partial charge on any atom is 0.254 e. The van der Waals surface area contributed by atoms with E-state index in [9.17, 15) is 4.39 Å². The third kappa shape index (κ3) is 2.11. The zero-order valence-electron chi connectivity index (χ0n) is 12.3. The summed E-state index contributed by atoms with van der Waals surface area (Å²) in [5.74, 6) is 1.46. The third-order valence-electron chi connectivity index (χ3n) is 4.15. The SMILES string of the molecule is CCc1cc(N2CCc3cc(F)ccc3C2)n2ncnc2n1. The van der Waals surface area contributed by atoms with Gasteiger partial charge in [0.15, 0.2) is 0 Å². The quantitative estimate of drug-likeness (QED) is 0.728. The molecule has 0 radical (unpaired) electrons. The molecule has 0 atom stereocenters. The van der Waals surface area contributed by atoms with E-state index >= 15 is 0 Å². The lowest BCUT2D eigenvalue weighted by Gasteiger charge is -2.30. The number of hydrogen-bond acceptors (Lipinski definition) is 4. The molecule has 3 heterocycles. The van der Waals surface area contributed by atoms with Gasteiger partial charge in [0.25, 0.3) is 5.78 Å². The highest BCUT2D eigenvalue weighted by atomic mass is 19.1. The molecule has 4 rings (SSSR count). The number of hydrogen-bond donors (Lipinski definition) is 0. The molecule has 3 aromatic rings. The molecule has 2 aromatic heterocycles. The summed E-state index contributed by atoms with van der Waals surface area (Å²) in [5, 5.41) is 4.28. The highest BCUT2D eigenvalue weighted by Gasteiger charge is 2.20. The maximum absolute atomic E-state index is 13.3. The number of rotatable bonds is 2. The molecule has 0 saturated heterocycles. The molecule has 1 aliphatic rings. The average molecular weight is 297 g/mol. The molecule has 112 valence electrons. The highest BCUT2D eigenvalue weighted by molar-refractivity contribution is 5.50. The molecule has 0 saturated carbocycles. The Balaban J connectivity index is 1.76. The lowest BCUT2D eigenvalue weighted by molar-refractivity contribution is 0.618. The van der Waals surface area contributed by atoms with Gasteiger partial charge in [0.1, 0.15) is 18.0 Å². The van der Waals surface area contributed by atoms with Crippen LogP contribution in [-0.4, -0.2) is 26.1 Å². The molecular formula is C16H16FN5. The van der Waals surface area contributed by atoms with Crippen LogP contribution in [0.3, 0.4) is 0 Å². The Bertz CT molecular complexity index is 842. The summed E-state index contributed by atoms with van der Waals surface area (Å²) in [7, 11) is 0. The highest BCUT2D eigenvalue weighted by Crippen LogP contribution is 2.25. The molecule has 1 aromatic carbocycles. The molecule has 0 bridgehead atoms. The van der Waals surface area contributed by atoms with E-state index in [1.165, 1.54) is 12.4 Å². The second-order valence-corrected chi connectivity index (χ2v) is 5.52. The van der Waals surface area contributed by atoms with E-state index in [2.05, 4.69) is 33.0 Å². The van der Waals surface area contributed by atoms with Crippen molar-refractivity contribution in [3.63, 3.8) is 0 Å². The van der Waals surface area contributed by atoms with Gasteiger partial charge in [-0.2, -0.15) is 14.6 Å². The second kappa shape index (κ2) is 5.05. The van der Waals surface area contributed by atoms with Crippen LogP contribution < -0.4 is 4.90 Å². The van der Waals surface area contributed by atoms with Gasteiger partial charge in [0.2, 0.25) is 0 Å². The van der Waals surface area contributed by atoms with Crippen LogP contribution in [0.2, 0.25) is 0 Å². The fourth-order valence-corrected chi connectivity index (χ4v) is 2.97. The first-order valence-electron chi connectivity index (χ1n) is 7.46. The normalized spacial score (nSPS) is 14.4. The number of fused-ring (bicyclic) bond motifs is 2. The predicted octanol–water partition coefficient (Wildman–Crippen LogP) is 2.39. The number of benzene rings is 1. The standard InChI is InChI=1S/C16H16FN5/c1-2-14-8-15(22-16(20-14)18-10-19-22)21-6-5-11-7-13(17)4-3-12(11)9-21/h3-4,7-8,10H,2,5-6,9H2,1H3. The van der Waals surface area contributed by atoms with Crippen molar-refractivity contribution in [1.82, 2.24) is 19.6 Å². The number of nitrogens with zero attached hydrogens (tertiary/aromatic N) is 5. The summed E-state index contributed by atoms with van der Waals surface area (Å²) in [6, 6.07) is 7.10. The molecule has 6 heteroatoms. The lowest BCUT2D eigenvalue weighted by Crippen LogP contribution is -2.32. The molecule has 0 spiro atoms. The van der Waals surface area contributed by atoms with Crippen molar-refractivity contribution in [1.29, 1.82) is 0 Å². The second-order valence-electron chi connectivity index (χ2n) is 5.52. The summed E-state index contributed by atoms with van der Waals surface area (Å²) >= 11 is 0. The molecule has 0 aliphatic carbocycles. The van der Waals surface area contributed by atoms with Gasteiger partial charge in [-0.1, -0.05) is 13.0 Å². The van der Waals surface area contributed by atoms with Crippen LogP contribution >= 0.6 is 0 Å². The van der Waals surface area contributed by atoms with Crippen molar-refractivity contribution in [2.45, 2.75) is 26.3 Å². The van der Waals surface area contributed by atoms with E-state index in [4.69, 9.17) is 0 Å². The smallest absolute Gasteiger partial charge is 0.254 e. The lowest BCUT2D eigenvalue weighted by atomic mass is 9.99. The Morgan fingerprint density at radius 3 is 3.00 bits per heavy atom. The van der Waals surface area contributed by atoms with Gasteiger partial charge in [-0.3, -0.25) is 0 Å². The van der Waals surface area contributed by atoms with Gasteiger partial charge < -0.3 is 4.90 Å². The summed E-state index contributed by atoms with van der Waals surface area (Å²) < 4.78 is 15.1. The Labute approximate surface area is 127 Å². The first kappa shape index (κ1) is 13.2. The van der Waals surface area contributed by atoms with Gasteiger partial charge >= 0.3 is 0 Å². The molecule has 5 nitrogen and oxygen atoms in total. The predicted molar refractivity (Wildman–Crippen MR) is 81.3 cm³/mol. The van der Waals surface area contributed by atoms with E-state index in [-0.39, 0.29) is 5.82 Å². The molecule has 0 N–H and O–H groups in total. The average Bonchev–Trinajstić information content (AvgIpc) is 3.01. The van der Waals surface area contributed by atoms with Crippen LogP contribution in [0, 0.1) is 5.82 Å². The Morgan fingerprint density at radius 2 is 2.14 bits per heavy atom. The van der Waals surface area contributed by atoms with Crippen LogP contribution in [0.5, 0.6) is 0 Å². The molecule has 0 amide bonds. The van der Waals surface area contributed by atoms with Crippen molar-refractivity contribution in [3.05, 3.63) is 53.2 Å². The minimum Gasteiger partial charge on any atom is -0.352 e. The minimum absolute atomic E-state index is 0.164. The first-order valence-corrected chi connectivity index (χ1v) is 7.46. The maximum atomic E-state index is 13.3. The van der Waals surface area contributed by atoms with Crippen LogP contribution in [-0.2, 0) is 19.4 Å². The number of halogens is 1.